The Morgan fingerprint density at radius 3 is 3.00 bits per heavy atom. The highest BCUT2D eigenvalue weighted by Gasteiger charge is 2.11. The number of aryl methyl sites for hydroxylation is 1. The van der Waals surface area contributed by atoms with Crippen LogP contribution in [-0.2, 0) is 13.0 Å². The predicted octanol–water partition coefficient (Wildman–Crippen LogP) is 2.39. The van der Waals surface area contributed by atoms with Crippen molar-refractivity contribution in [1.29, 1.82) is 0 Å². The van der Waals surface area contributed by atoms with E-state index in [1.807, 2.05) is 36.6 Å². The molecular weight excluding hydrogens is 310 g/mol. The molecule has 1 N–H and O–H groups in total. The Kier molecular flexibility index (Phi) is 4.77. The molecule has 0 saturated carbocycles. The zero-order valence-electron chi connectivity index (χ0n) is 12.8. The zero-order chi connectivity index (χ0) is 16.1. The molecule has 0 aliphatic carbocycles. The summed E-state index contributed by atoms with van der Waals surface area (Å²) in [5.74, 6) is 0.583. The standard InChI is InChI=1S/C16H17N5OS/c1-2-21-15(18-19-20-21)12-5-3-6-13(11-12)16(22)17-9-8-14-7-4-10-23-14/h3-7,10-11H,2,8-9H2,1H3,(H,17,22). The van der Waals surface area contributed by atoms with E-state index in [0.717, 1.165) is 12.0 Å². The van der Waals surface area contributed by atoms with Gasteiger partial charge in [0.25, 0.3) is 5.91 Å². The van der Waals surface area contributed by atoms with Crippen molar-refractivity contribution in [2.24, 2.45) is 0 Å². The SMILES string of the molecule is CCn1nnnc1-c1cccc(C(=O)NCCc2cccs2)c1. The molecule has 0 bridgehead atoms. The van der Waals surface area contributed by atoms with E-state index in [1.165, 1.54) is 4.88 Å². The average Bonchev–Trinajstić information content (AvgIpc) is 3.26. The molecule has 0 fully saturated rings. The first-order valence-electron chi connectivity index (χ1n) is 7.45. The van der Waals surface area contributed by atoms with Crippen LogP contribution in [0.1, 0.15) is 22.2 Å². The van der Waals surface area contributed by atoms with E-state index in [9.17, 15) is 4.79 Å². The first kappa shape index (κ1) is 15.4. The minimum atomic E-state index is -0.0843. The summed E-state index contributed by atoms with van der Waals surface area (Å²) < 4.78 is 1.70. The molecule has 0 aliphatic heterocycles. The Hall–Kier alpha value is -2.54. The quantitative estimate of drug-likeness (QED) is 0.754. The fourth-order valence-electron chi connectivity index (χ4n) is 2.28. The summed E-state index contributed by atoms with van der Waals surface area (Å²) in [6.07, 6.45) is 0.844. The summed E-state index contributed by atoms with van der Waals surface area (Å²) in [6.45, 7) is 3.27. The van der Waals surface area contributed by atoms with Crippen molar-refractivity contribution < 1.29 is 4.79 Å². The summed E-state index contributed by atoms with van der Waals surface area (Å²) >= 11 is 1.70. The van der Waals surface area contributed by atoms with Crippen molar-refractivity contribution in [3.05, 3.63) is 52.2 Å². The second-order valence-electron chi connectivity index (χ2n) is 4.98. The van der Waals surface area contributed by atoms with Crippen molar-refractivity contribution in [3.63, 3.8) is 0 Å². The van der Waals surface area contributed by atoms with Crippen LogP contribution >= 0.6 is 11.3 Å². The van der Waals surface area contributed by atoms with E-state index in [4.69, 9.17) is 0 Å². The highest BCUT2D eigenvalue weighted by atomic mass is 32.1. The fraction of sp³-hybridized carbons (Fsp3) is 0.250. The van der Waals surface area contributed by atoms with E-state index < -0.39 is 0 Å². The minimum absolute atomic E-state index is 0.0843. The number of hydrogen-bond donors (Lipinski definition) is 1. The number of aromatic nitrogens is 4. The molecular formula is C16H17N5OS. The topological polar surface area (TPSA) is 72.7 Å². The molecule has 23 heavy (non-hydrogen) atoms. The monoisotopic (exact) mass is 327 g/mol. The average molecular weight is 327 g/mol. The van der Waals surface area contributed by atoms with Gasteiger partial charge in [-0.1, -0.05) is 18.2 Å². The van der Waals surface area contributed by atoms with Crippen LogP contribution in [0.25, 0.3) is 11.4 Å². The first-order chi connectivity index (χ1) is 11.3. The normalized spacial score (nSPS) is 10.7. The van der Waals surface area contributed by atoms with E-state index in [2.05, 4.69) is 26.9 Å². The summed E-state index contributed by atoms with van der Waals surface area (Å²) in [5.41, 5.74) is 1.45. The smallest absolute Gasteiger partial charge is 0.251 e. The van der Waals surface area contributed by atoms with Gasteiger partial charge in [0.15, 0.2) is 5.82 Å². The maximum atomic E-state index is 12.3. The van der Waals surface area contributed by atoms with Crippen LogP contribution in [0.3, 0.4) is 0 Å². The third kappa shape index (κ3) is 3.62. The van der Waals surface area contributed by atoms with Gasteiger partial charge >= 0.3 is 0 Å². The second-order valence-corrected chi connectivity index (χ2v) is 6.02. The fourth-order valence-corrected chi connectivity index (χ4v) is 2.99. The molecule has 2 heterocycles. The molecule has 0 atom stereocenters. The molecule has 0 radical (unpaired) electrons. The third-order valence-corrected chi connectivity index (χ3v) is 4.39. The zero-order valence-corrected chi connectivity index (χ0v) is 13.6. The van der Waals surface area contributed by atoms with E-state index >= 15 is 0 Å². The van der Waals surface area contributed by atoms with E-state index in [1.54, 1.807) is 22.1 Å². The molecule has 1 amide bonds. The third-order valence-electron chi connectivity index (χ3n) is 3.45. The Morgan fingerprint density at radius 2 is 2.22 bits per heavy atom. The summed E-state index contributed by atoms with van der Waals surface area (Å²) in [5, 5.41) is 16.6. The summed E-state index contributed by atoms with van der Waals surface area (Å²) in [7, 11) is 0. The molecule has 0 unspecified atom stereocenters. The number of carbonyl (C=O) groups excluding carboxylic acids is 1. The summed E-state index contributed by atoms with van der Waals surface area (Å²) in [6, 6.07) is 11.5. The largest absolute Gasteiger partial charge is 0.352 e. The number of nitrogens with zero attached hydrogens (tertiary/aromatic N) is 4. The van der Waals surface area contributed by atoms with Crippen LogP contribution in [0.2, 0.25) is 0 Å². The van der Waals surface area contributed by atoms with Crippen LogP contribution in [0.15, 0.2) is 41.8 Å². The van der Waals surface area contributed by atoms with Crippen molar-refractivity contribution >= 4 is 17.2 Å². The molecule has 0 aliphatic rings. The lowest BCUT2D eigenvalue weighted by molar-refractivity contribution is 0.0954. The number of nitrogens with one attached hydrogen (secondary N) is 1. The van der Waals surface area contributed by atoms with Crippen molar-refractivity contribution in [1.82, 2.24) is 25.5 Å². The molecule has 0 spiro atoms. The molecule has 2 aromatic heterocycles. The van der Waals surface area contributed by atoms with Crippen LogP contribution in [0.4, 0.5) is 0 Å². The van der Waals surface area contributed by atoms with Crippen LogP contribution in [0.5, 0.6) is 0 Å². The lowest BCUT2D eigenvalue weighted by Crippen LogP contribution is -2.25. The van der Waals surface area contributed by atoms with Gasteiger partial charge in [-0.3, -0.25) is 4.79 Å². The molecule has 1 aromatic carbocycles. The predicted molar refractivity (Wildman–Crippen MR) is 89.3 cm³/mol. The van der Waals surface area contributed by atoms with Crippen molar-refractivity contribution in [3.8, 4) is 11.4 Å². The Balaban J connectivity index is 1.68. The number of benzene rings is 1. The van der Waals surface area contributed by atoms with Gasteiger partial charge in [0.1, 0.15) is 0 Å². The number of amides is 1. The van der Waals surface area contributed by atoms with Crippen molar-refractivity contribution in [2.75, 3.05) is 6.54 Å². The Bertz CT molecular complexity index is 781. The number of hydrogen-bond acceptors (Lipinski definition) is 5. The van der Waals surface area contributed by atoms with E-state index in [-0.39, 0.29) is 5.91 Å². The number of rotatable bonds is 6. The van der Waals surface area contributed by atoms with Crippen LogP contribution in [-0.4, -0.2) is 32.7 Å². The van der Waals surface area contributed by atoms with Gasteiger partial charge in [-0.05, 0) is 47.4 Å². The molecule has 7 heteroatoms. The maximum absolute atomic E-state index is 12.3. The molecule has 0 saturated heterocycles. The molecule has 118 valence electrons. The Labute approximate surface area is 138 Å². The van der Waals surface area contributed by atoms with Gasteiger partial charge in [-0.25, -0.2) is 4.68 Å². The lowest BCUT2D eigenvalue weighted by Gasteiger charge is -2.06. The Morgan fingerprint density at radius 1 is 1.30 bits per heavy atom. The van der Waals surface area contributed by atoms with Gasteiger partial charge in [-0.2, -0.15) is 0 Å². The summed E-state index contributed by atoms with van der Waals surface area (Å²) in [4.78, 5) is 13.5. The highest BCUT2D eigenvalue weighted by Crippen LogP contribution is 2.17. The van der Waals surface area contributed by atoms with E-state index in [0.29, 0.717) is 24.5 Å². The second kappa shape index (κ2) is 7.15. The highest BCUT2D eigenvalue weighted by molar-refractivity contribution is 7.09. The number of thiophene rings is 1. The number of tetrazole rings is 1. The van der Waals surface area contributed by atoms with Gasteiger partial charge < -0.3 is 5.32 Å². The van der Waals surface area contributed by atoms with Gasteiger partial charge in [0.2, 0.25) is 0 Å². The minimum Gasteiger partial charge on any atom is -0.352 e. The molecule has 6 nitrogen and oxygen atoms in total. The van der Waals surface area contributed by atoms with Gasteiger partial charge in [0, 0.05) is 29.1 Å². The van der Waals surface area contributed by atoms with Crippen LogP contribution < -0.4 is 5.32 Å². The van der Waals surface area contributed by atoms with Gasteiger partial charge in [0.05, 0.1) is 0 Å². The van der Waals surface area contributed by atoms with Gasteiger partial charge in [-0.15, -0.1) is 16.4 Å². The molecule has 3 rings (SSSR count). The number of carbonyl (C=O) groups is 1. The first-order valence-corrected chi connectivity index (χ1v) is 8.33. The van der Waals surface area contributed by atoms with Crippen molar-refractivity contribution in [2.45, 2.75) is 19.9 Å². The maximum Gasteiger partial charge on any atom is 0.251 e. The molecule has 3 aromatic rings. The lowest BCUT2D eigenvalue weighted by atomic mass is 10.1. The van der Waals surface area contributed by atoms with Crippen LogP contribution in [0, 0.1) is 0 Å².